The molecule has 0 aromatic heterocycles. The molecule has 2 unspecified atom stereocenters. The van der Waals surface area contributed by atoms with Crippen molar-refractivity contribution in [3.63, 3.8) is 0 Å². The molecule has 2 N–H and O–H groups in total. The van der Waals surface area contributed by atoms with E-state index in [9.17, 15) is 9.18 Å². The first-order valence-electron chi connectivity index (χ1n) is 5.40. The lowest BCUT2D eigenvalue weighted by atomic mass is 9.86. The van der Waals surface area contributed by atoms with Crippen LogP contribution < -0.4 is 5.32 Å². The molecule has 1 aromatic carbocycles. The number of carboxylic acid groups (broad SMARTS) is 1. The van der Waals surface area contributed by atoms with E-state index in [0.29, 0.717) is 6.42 Å². The van der Waals surface area contributed by atoms with Gasteiger partial charge in [-0.15, -0.1) is 0 Å². The normalized spacial score (nSPS) is 25.3. The lowest BCUT2D eigenvalue weighted by Crippen LogP contribution is -2.38. The molecule has 1 heterocycles. The van der Waals surface area contributed by atoms with Crippen molar-refractivity contribution in [2.24, 2.45) is 5.92 Å². The number of benzene rings is 1. The van der Waals surface area contributed by atoms with Gasteiger partial charge < -0.3 is 10.4 Å². The van der Waals surface area contributed by atoms with E-state index in [0.717, 1.165) is 18.5 Å². The van der Waals surface area contributed by atoms with Crippen molar-refractivity contribution >= 4 is 5.97 Å². The average Bonchev–Trinajstić information content (AvgIpc) is 2.30. The molecule has 0 bridgehead atoms. The third kappa shape index (κ3) is 2.22. The zero-order valence-corrected chi connectivity index (χ0v) is 8.82. The maximum Gasteiger partial charge on any atom is 0.308 e. The maximum absolute atomic E-state index is 12.8. The van der Waals surface area contributed by atoms with Crippen LogP contribution in [0.5, 0.6) is 0 Å². The molecule has 1 aliphatic heterocycles. The fourth-order valence-electron chi connectivity index (χ4n) is 2.17. The molecule has 1 aliphatic rings. The third-order valence-electron chi connectivity index (χ3n) is 3.00. The molecule has 0 saturated carbocycles. The van der Waals surface area contributed by atoms with Crippen LogP contribution in [0.2, 0.25) is 0 Å². The Balaban J connectivity index is 2.23. The molecule has 0 aliphatic carbocycles. The minimum Gasteiger partial charge on any atom is -0.481 e. The average molecular weight is 223 g/mol. The minimum absolute atomic E-state index is 0.202. The summed E-state index contributed by atoms with van der Waals surface area (Å²) in [4.78, 5) is 11.1. The number of piperidine rings is 1. The van der Waals surface area contributed by atoms with Crippen molar-refractivity contribution in [3.05, 3.63) is 35.6 Å². The Labute approximate surface area is 93.3 Å². The first-order valence-corrected chi connectivity index (χ1v) is 5.40. The van der Waals surface area contributed by atoms with Crippen molar-refractivity contribution in [1.82, 2.24) is 5.32 Å². The van der Waals surface area contributed by atoms with Crippen molar-refractivity contribution in [2.75, 3.05) is 6.54 Å². The topological polar surface area (TPSA) is 49.3 Å². The largest absolute Gasteiger partial charge is 0.481 e. The van der Waals surface area contributed by atoms with Gasteiger partial charge in [0.05, 0.1) is 5.92 Å². The highest BCUT2D eigenvalue weighted by molar-refractivity contribution is 5.71. The number of halogens is 1. The van der Waals surface area contributed by atoms with Crippen LogP contribution in [-0.4, -0.2) is 17.6 Å². The van der Waals surface area contributed by atoms with Crippen LogP contribution in [0.3, 0.4) is 0 Å². The van der Waals surface area contributed by atoms with Crippen LogP contribution in [0.25, 0.3) is 0 Å². The van der Waals surface area contributed by atoms with E-state index >= 15 is 0 Å². The molecule has 1 aromatic rings. The van der Waals surface area contributed by atoms with Gasteiger partial charge in [-0.25, -0.2) is 4.39 Å². The predicted octanol–water partition coefficient (Wildman–Crippen LogP) is 1.95. The summed E-state index contributed by atoms with van der Waals surface area (Å²) < 4.78 is 12.8. The standard InChI is InChI=1S/C12H14FNO2/c13-9-5-3-8(4-6-9)11-10(12(15)16)2-1-7-14-11/h3-6,10-11,14H,1-2,7H2,(H,15,16). The highest BCUT2D eigenvalue weighted by atomic mass is 19.1. The number of aliphatic carboxylic acids is 1. The lowest BCUT2D eigenvalue weighted by Gasteiger charge is -2.30. The number of nitrogens with one attached hydrogen (secondary N) is 1. The summed E-state index contributed by atoms with van der Waals surface area (Å²) in [5.74, 6) is -1.51. The molecule has 3 nitrogen and oxygen atoms in total. The Morgan fingerprint density at radius 2 is 2.06 bits per heavy atom. The second-order valence-corrected chi connectivity index (χ2v) is 4.07. The molecule has 4 heteroatoms. The second-order valence-electron chi connectivity index (χ2n) is 4.07. The van der Waals surface area contributed by atoms with E-state index in [1.165, 1.54) is 12.1 Å². The SMILES string of the molecule is O=C(O)C1CCCNC1c1ccc(F)cc1. The van der Waals surface area contributed by atoms with Gasteiger partial charge in [-0.2, -0.15) is 0 Å². The summed E-state index contributed by atoms with van der Waals surface area (Å²) in [6, 6.07) is 5.82. The Morgan fingerprint density at radius 3 is 2.69 bits per heavy atom. The lowest BCUT2D eigenvalue weighted by molar-refractivity contribution is -0.143. The number of hydrogen-bond donors (Lipinski definition) is 2. The van der Waals surface area contributed by atoms with Crippen LogP contribution in [0.15, 0.2) is 24.3 Å². The fraction of sp³-hybridized carbons (Fsp3) is 0.417. The zero-order chi connectivity index (χ0) is 11.5. The summed E-state index contributed by atoms with van der Waals surface area (Å²) in [5, 5.41) is 12.3. The predicted molar refractivity (Wildman–Crippen MR) is 57.5 cm³/mol. The smallest absolute Gasteiger partial charge is 0.308 e. The van der Waals surface area contributed by atoms with E-state index in [1.54, 1.807) is 12.1 Å². The first-order chi connectivity index (χ1) is 7.68. The Bertz CT molecular complexity index is 377. The van der Waals surface area contributed by atoms with Crippen molar-refractivity contribution in [1.29, 1.82) is 0 Å². The Morgan fingerprint density at radius 1 is 1.38 bits per heavy atom. The highest BCUT2D eigenvalue weighted by Crippen LogP contribution is 2.29. The molecule has 2 rings (SSSR count). The maximum atomic E-state index is 12.8. The summed E-state index contributed by atoms with van der Waals surface area (Å²) >= 11 is 0. The molecule has 86 valence electrons. The molecule has 16 heavy (non-hydrogen) atoms. The van der Waals surface area contributed by atoms with Crippen molar-refractivity contribution < 1.29 is 14.3 Å². The van der Waals surface area contributed by atoms with E-state index in [1.807, 2.05) is 0 Å². The van der Waals surface area contributed by atoms with Gasteiger partial charge in [0.2, 0.25) is 0 Å². The molecular formula is C12H14FNO2. The van der Waals surface area contributed by atoms with E-state index in [4.69, 9.17) is 5.11 Å². The third-order valence-corrected chi connectivity index (χ3v) is 3.00. The number of rotatable bonds is 2. The van der Waals surface area contributed by atoms with Gasteiger partial charge in [0.1, 0.15) is 5.82 Å². The van der Waals surface area contributed by atoms with Crippen LogP contribution in [0.1, 0.15) is 24.4 Å². The molecule has 1 fully saturated rings. The van der Waals surface area contributed by atoms with Gasteiger partial charge >= 0.3 is 5.97 Å². The van der Waals surface area contributed by atoms with Gasteiger partial charge in [-0.05, 0) is 37.1 Å². The monoisotopic (exact) mass is 223 g/mol. The second kappa shape index (κ2) is 4.61. The van der Waals surface area contributed by atoms with Crippen molar-refractivity contribution in [3.8, 4) is 0 Å². The van der Waals surface area contributed by atoms with Gasteiger partial charge in [0.25, 0.3) is 0 Å². The Kier molecular flexibility index (Phi) is 3.19. The van der Waals surface area contributed by atoms with Crippen molar-refractivity contribution in [2.45, 2.75) is 18.9 Å². The minimum atomic E-state index is -0.790. The van der Waals surface area contributed by atoms with Crippen LogP contribution in [0.4, 0.5) is 4.39 Å². The Hall–Kier alpha value is -1.42. The van der Waals surface area contributed by atoms with Gasteiger partial charge in [-0.3, -0.25) is 4.79 Å². The van der Waals surface area contributed by atoms with E-state index in [-0.39, 0.29) is 11.9 Å². The fourth-order valence-corrected chi connectivity index (χ4v) is 2.17. The van der Waals surface area contributed by atoms with Gasteiger partial charge in [-0.1, -0.05) is 12.1 Å². The quantitative estimate of drug-likeness (QED) is 0.805. The first kappa shape index (κ1) is 11.1. The zero-order valence-electron chi connectivity index (χ0n) is 8.82. The molecule has 1 saturated heterocycles. The molecule has 0 spiro atoms. The highest BCUT2D eigenvalue weighted by Gasteiger charge is 2.31. The number of carboxylic acids is 1. The summed E-state index contributed by atoms with van der Waals surface area (Å²) in [7, 11) is 0. The van der Waals surface area contributed by atoms with Crippen LogP contribution in [-0.2, 0) is 4.79 Å². The van der Waals surface area contributed by atoms with E-state index in [2.05, 4.69) is 5.32 Å². The molecule has 2 atom stereocenters. The number of carbonyl (C=O) groups is 1. The van der Waals surface area contributed by atoms with Gasteiger partial charge in [0, 0.05) is 6.04 Å². The van der Waals surface area contributed by atoms with Crippen LogP contribution >= 0.6 is 0 Å². The summed E-state index contributed by atoms with van der Waals surface area (Å²) in [6.07, 6.45) is 1.54. The van der Waals surface area contributed by atoms with E-state index < -0.39 is 11.9 Å². The number of hydrogen-bond acceptors (Lipinski definition) is 2. The molecule has 0 radical (unpaired) electrons. The summed E-state index contributed by atoms with van der Waals surface area (Å²) in [6.45, 7) is 0.811. The van der Waals surface area contributed by atoms with Gasteiger partial charge in [0.15, 0.2) is 0 Å². The summed E-state index contributed by atoms with van der Waals surface area (Å²) in [5.41, 5.74) is 0.841. The molecular weight excluding hydrogens is 209 g/mol. The van der Waals surface area contributed by atoms with Crippen LogP contribution in [0, 0.1) is 11.7 Å². The molecule has 0 amide bonds.